The summed E-state index contributed by atoms with van der Waals surface area (Å²) in [7, 11) is 0. The first-order valence-electron chi connectivity index (χ1n) is 8.98. The Morgan fingerprint density at radius 1 is 1.37 bits per heavy atom. The second-order valence-electron chi connectivity index (χ2n) is 6.75. The first-order valence-corrected chi connectivity index (χ1v) is 9.93. The smallest absolute Gasteiger partial charge is 0.240 e. The lowest BCUT2D eigenvalue weighted by atomic mass is 9.97. The normalized spacial score (nSPS) is 17.7. The molecule has 1 fully saturated rings. The molecule has 1 amide bonds. The number of carbonyl (C=O) groups excluding carboxylic acids is 1. The molecule has 0 saturated carbocycles. The maximum atomic E-state index is 12.7. The molecule has 0 aliphatic carbocycles. The van der Waals surface area contributed by atoms with E-state index in [0.29, 0.717) is 24.8 Å². The second-order valence-corrected chi connectivity index (χ2v) is 7.47. The summed E-state index contributed by atoms with van der Waals surface area (Å²) in [5.41, 5.74) is 4.63. The van der Waals surface area contributed by atoms with Crippen LogP contribution >= 0.6 is 11.3 Å². The highest BCUT2D eigenvalue weighted by Crippen LogP contribution is 2.23. The highest BCUT2D eigenvalue weighted by atomic mass is 32.1. The van der Waals surface area contributed by atoms with Crippen LogP contribution in [-0.2, 0) is 11.3 Å². The summed E-state index contributed by atoms with van der Waals surface area (Å²) in [6.45, 7) is 4.03. The molecule has 1 atom stereocenters. The number of thiazole rings is 1. The Morgan fingerprint density at radius 3 is 2.93 bits per heavy atom. The Kier molecular flexibility index (Phi) is 5.26. The first kappa shape index (κ1) is 17.8. The van der Waals surface area contributed by atoms with Gasteiger partial charge in [0, 0.05) is 23.2 Å². The van der Waals surface area contributed by atoms with Gasteiger partial charge in [0.15, 0.2) is 5.82 Å². The third-order valence-electron chi connectivity index (χ3n) is 4.69. The molecule has 1 aliphatic rings. The summed E-state index contributed by atoms with van der Waals surface area (Å²) in [4.78, 5) is 23.4. The third-order valence-corrected chi connectivity index (χ3v) is 5.27. The molecular weight excluding hydrogens is 362 g/mol. The zero-order valence-corrected chi connectivity index (χ0v) is 15.9. The molecule has 8 heteroatoms. The topological polar surface area (TPSA) is 84.2 Å². The number of rotatable bonds is 5. The summed E-state index contributed by atoms with van der Waals surface area (Å²) in [5.74, 6) is 1.26. The van der Waals surface area contributed by atoms with E-state index < -0.39 is 0 Å². The van der Waals surface area contributed by atoms with E-state index in [1.54, 1.807) is 18.3 Å². The molecule has 1 aromatic carbocycles. The Balaban J connectivity index is 1.34. The number of aromatic nitrogens is 3. The van der Waals surface area contributed by atoms with Gasteiger partial charge in [0.2, 0.25) is 11.8 Å². The first-order chi connectivity index (χ1) is 13.2. The van der Waals surface area contributed by atoms with E-state index in [4.69, 9.17) is 4.52 Å². The zero-order valence-electron chi connectivity index (χ0n) is 15.1. The monoisotopic (exact) mass is 383 g/mol. The van der Waals surface area contributed by atoms with Gasteiger partial charge in [0.25, 0.3) is 0 Å². The fourth-order valence-electron chi connectivity index (χ4n) is 3.33. The van der Waals surface area contributed by atoms with Crippen LogP contribution in [0.15, 0.2) is 39.7 Å². The van der Waals surface area contributed by atoms with E-state index in [2.05, 4.69) is 25.3 Å². The van der Waals surface area contributed by atoms with Crippen molar-refractivity contribution in [2.75, 3.05) is 18.4 Å². The van der Waals surface area contributed by atoms with Gasteiger partial charge in [-0.05, 0) is 38.4 Å². The highest BCUT2D eigenvalue weighted by Gasteiger charge is 2.26. The van der Waals surface area contributed by atoms with Crippen LogP contribution in [-0.4, -0.2) is 39.0 Å². The average Bonchev–Trinajstić information content (AvgIpc) is 3.35. The predicted molar refractivity (Wildman–Crippen MR) is 103 cm³/mol. The lowest BCUT2D eigenvalue weighted by Gasteiger charge is -2.30. The summed E-state index contributed by atoms with van der Waals surface area (Å²) in [6.07, 6.45) is 1.87. The number of hydrogen-bond donors (Lipinski definition) is 1. The molecule has 0 radical (unpaired) electrons. The average molecular weight is 383 g/mol. The largest absolute Gasteiger partial charge is 0.338 e. The minimum atomic E-state index is -0.0408. The number of nitrogens with one attached hydrogen (secondary N) is 1. The van der Waals surface area contributed by atoms with Crippen molar-refractivity contribution in [1.82, 2.24) is 20.0 Å². The highest BCUT2D eigenvalue weighted by molar-refractivity contribution is 7.07. The molecule has 0 unspecified atom stereocenters. The van der Waals surface area contributed by atoms with Crippen molar-refractivity contribution >= 4 is 22.9 Å². The summed E-state index contributed by atoms with van der Waals surface area (Å²) < 4.78 is 5.19. The molecule has 1 saturated heterocycles. The lowest BCUT2D eigenvalue weighted by molar-refractivity contribution is -0.121. The van der Waals surface area contributed by atoms with Gasteiger partial charge in [0.05, 0.1) is 23.7 Å². The molecule has 1 aliphatic heterocycles. The van der Waals surface area contributed by atoms with Crippen molar-refractivity contribution in [3.63, 3.8) is 0 Å². The van der Waals surface area contributed by atoms with Gasteiger partial charge < -0.3 is 9.84 Å². The SMILES string of the molecule is Cc1noc(CN2CCC[C@H](C(=O)Nc3ccc(-c4cscn4)cc3)C2)n1. The fraction of sp³-hybridized carbons (Fsp3) is 0.368. The number of anilines is 1. The number of aryl methyl sites for hydroxylation is 1. The molecule has 0 spiro atoms. The van der Waals surface area contributed by atoms with Gasteiger partial charge in [-0.2, -0.15) is 4.98 Å². The second kappa shape index (κ2) is 7.98. The molecule has 2 aromatic heterocycles. The number of amides is 1. The van der Waals surface area contributed by atoms with Crippen molar-refractivity contribution in [1.29, 1.82) is 0 Å². The molecule has 4 rings (SSSR count). The van der Waals surface area contributed by atoms with Gasteiger partial charge in [-0.3, -0.25) is 9.69 Å². The minimum absolute atomic E-state index is 0.0408. The van der Waals surface area contributed by atoms with Gasteiger partial charge in [-0.1, -0.05) is 17.3 Å². The van der Waals surface area contributed by atoms with E-state index >= 15 is 0 Å². The standard InChI is InChI=1S/C19H21N5O2S/c1-13-21-18(26-23-13)10-24-8-2-3-15(9-24)19(25)22-16-6-4-14(5-7-16)17-11-27-12-20-17/h4-7,11-12,15H,2-3,8-10H2,1H3,(H,22,25)/t15-/m0/s1. The van der Waals surface area contributed by atoms with Gasteiger partial charge in [-0.25, -0.2) is 4.98 Å². The lowest BCUT2D eigenvalue weighted by Crippen LogP contribution is -2.40. The van der Waals surface area contributed by atoms with Gasteiger partial charge in [0.1, 0.15) is 0 Å². The number of hydrogen-bond acceptors (Lipinski definition) is 7. The zero-order chi connectivity index (χ0) is 18.6. The molecular formula is C19H21N5O2S. The van der Waals surface area contributed by atoms with E-state index in [0.717, 1.165) is 36.3 Å². The van der Waals surface area contributed by atoms with Crippen LogP contribution in [0.1, 0.15) is 24.6 Å². The Morgan fingerprint density at radius 2 is 2.22 bits per heavy atom. The van der Waals surface area contributed by atoms with Crippen molar-refractivity contribution in [3.8, 4) is 11.3 Å². The summed E-state index contributed by atoms with van der Waals surface area (Å²) in [6, 6.07) is 7.81. The van der Waals surface area contributed by atoms with E-state index in [9.17, 15) is 4.79 Å². The summed E-state index contributed by atoms with van der Waals surface area (Å²) >= 11 is 1.57. The van der Waals surface area contributed by atoms with E-state index in [1.165, 1.54) is 0 Å². The van der Waals surface area contributed by atoms with Crippen molar-refractivity contribution in [2.45, 2.75) is 26.3 Å². The predicted octanol–water partition coefficient (Wildman–Crippen LogP) is 3.35. The van der Waals surface area contributed by atoms with Crippen molar-refractivity contribution < 1.29 is 9.32 Å². The van der Waals surface area contributed by atoms with Crippen molar-refractivity contribution in [3.05, 3.63) is 46.9 Å². The molecule has 1 N–H and O–H groups in total. The third kappa shape index (κ3) is 4.40. The minimum Gasteiger partial charge on any atom is -0.338 e. The number of likely N-dealkylation sites (tertiary alicyclic amines) is 1. The number of carbonyl (C=O) groups is 1. The number of piperidine rings is 1. The van der Waals surface area contributed by atoms with Crippen LogP contribution in [0.2, 0.25) is 0 Å². The molecule has 0 bridgehead atoms. The molecule has 27 heavy (non-hydrogen) atoms. The maximum absolute atomic E-state index is 12.7. The molecule has 7 nitrogen and oxygen atoms in total. The van der Waals surface area contributed by atoms with Crippen LogP contribution in [0.4, 0.5) is 5.69 Å². The number of benzene rings is 1. The molecule has 3 aromatic rings. The van der Waals surface area contributed by atoms with E-state index in [-0.39, 0.29) is 11.8 Å². The van der Waals surface area contributed by atoms with Crippen LogP contribution in [0, 0.1) is 12.8 Å². The van der Waals surface area contributed by atoms with Crippen molar-refractivity contribution in [2.24, 2.45) is 5.92 Å². The Bertz CT molecular complexity index is 891. The molecule has 140 valence electrons. The number of nitrogens with zero attached hydrogens (tertiary/aromatic N) is 4. The van der Waals surface area contributed by atoms with Crippen LogP contribution in [0.3, 0.4) is 0 Å². The Labute approximate surface area is 161 Å². The maximum Gasteiger partial charge on any atom is 0.240 e. The molecule has 3 heterocycles. The Hall–Kier alpha value is -2.58. The van der Waals surface area contributed by atoms with Crippen LogP contribution in [0.25, 0.3) is 11.3 Å². The quantitative estimate of drug-likeness (QED) is 0.727. The van der Waals surface area contributed by atoms with Gasteiger partial charge >= 0.3 is 0 Å². The van der Waals surface area contributed by atoms with Gasteiger partial charge in [-0.15, -0.1) is 11.3 Å². The van der Waals surface area contributed by atoms with Crippen LogP contribution in [0.5, 0.6) is 0 Å². The summed E-state index contributed by atoms with van der Waals surface area (Å²) in [5, 5.41) is 8.87. The fourth-order valence-corrected chi connectivity index (χ4v) is 3.89. The van der Waals surface area contributed by atoms with E-state index in [1.807, 2.05) is 35.2 Å². The van der Waals surface area contributed by atoms with Crippen LogP contribution < -0.4 is 5.32 Å².